The normalized spacial score (nSPS) is 18.3. The van der Waals surface area contributed by atoms with Gasteiger partial charge in [0.05, 0.1) is 25.2 Å². The monoisotopic (exact) mass is 291 g/mol. The van der Waals surface area contributed by atoms with Crippen molar-refractivity contribution in [3.05, 3.63) is 29.8 Å². The molecule has 1 amide bonds. The molecular formula is C17H25NO3. The Morgan fingerprint density at radius 1 is 1.38 bits per heavy atom. The fourth-order valence-corrected chi connectivity index (χ4v) is 3.05. The van der Waals surface area contributed by atoms with Gasteiger partial charge in [0, 0.05) is 12.6 Å². The highest BCUT2D eigenvalue weighted by atomic mass is 16.5. The van der Waals surface area contributed by atoms with Crippen molar-refractivity contribution in [1.82, 2.24) is 4.90 Å². The van der Waals surface area contributed by atoms with Gasteiger partial charge in [-0.1, -0.05) is 31.0 Å². The number of aliphatic hydroxyl groups is 1. The third-order valence-electron chi connectivity index (χ3n) is 4.58. The predicted octanol–water partition coefficient (Wildman–Crippen LogP) is 2.91. The van der Waals surface area contributed by atoms with Gasteiger partial charge in [-0.25, -0.2) is 0 Å². The molecular weight excluding hydrogens is 266 g/mol. The number of hydrogen-bond donors (Lipinski definition) is 1. The van der Waals surface area contributed by atoms with Gasteiger partial charge in [0.2, 0.25) is 5.91 Å². The van der Waals surface area contributed by atoms with Gasteiger partial charge >= 0.3 is 0 Å². The number of methoxy groups -OCH3 is 1. The van der Waals surface area contributed by atoms with E-state index in [1.165, 1.54) is 0 Å². The number of benzene rings is 1. The summed E-state index contributed by atoms with van der Waals surface area (Å²) >= 11 is 0. The van der Waals surface area contributed by atoms with Gasteiger partial charge in [-0.3, -0.25) is 4.79 Å². The van der Waals surface area contributed by atoms with Crippen LogP contribution < -0.4 is 4.74 Å². The summed E-state index contributed by atoms with van der Waals surface area (Å²) in [5.41, 5.74) is 0.181. The van der Waals surface area contributed by atoms with Crippen molar-refractivity contribution in [2.75, 3.05) is 14.2 Å². The molecule has 1 aliphatic carbocycles. The molecule has 0 radical (unpaired) electrons. The highest BCUT2D eigenvalue weighted by Crippen LogP contribution is 2.34. The average molecular weight is 291 g/mol. The first-order valence-corrected chi connectivity index (χ1v) is 7.58. The molecule has 1 aromatic rings. The van der Waals surface area contributed by atoms with Crippen molar-refractivity contribution in [1.29, 1.82) is 0 Å². The number of ether oxygens (including phenoxy) is 1. The van der Waals surface area contributed by atoms with Gasteiger partial charge in [0.15, 0.2) is 0 Å². The maximum atomic E-state index is 12.4. The number of carbonyl (C=O) groups is 1. The Kier molecular flexibility index (Phi) is 4.88. The maximum absolute atomic E-state index is 12.4. The van der Waals surface area contributed by atoms with Crippen LogP contribution in [0.25, 0.3) is 0 Å². The molecule has 0 saturated heterocycles. The number of amides is 1. The topological polar surface area (TPSA) is 49.8 Å². The number of rotatable bonds is 5. The van der Waals surface area contributed by atoms with Crippen LogP contribution in [0.1, 0.15) is 50.6 Å². The Labute approximate surface area is 126 Å². The van der Waals surface area contributed by atoms with E-state index in [0.717, 1.165) is 37.0 Å². The molecule has 0 aliphatic heterocycles. The van der Waals surface area contributed by atoms with Crippen molar-refractivity contribution >= 4 is 5.91 Å². The summed E-state index contributed by atoms with van der Waals surface area (Å²) in [6.07, 6.45) is 3.69. The van der Waals surface area contributed by atoms with Crippen molar-refractivity contribution in [3.8, 4) is 5.75 Å². The van der Waals surface area contributed by atoms with Gasteiger partial charge in [-0.2, -0.15) is 0 Å². The Morgan fingerprint density at radius 3 is 2.62 bits per heavy atom. The summed E-state index contributed by atoms with van der Waals surface area (Å²) in [7, 11) is 3.42. The first-order valence-electron chi connectivity index (χ1n) is 7.58. The van der Waals surface area contributed by atoms with E-state index in [0.29, 0.717) is 0 Å². The largest absolute Gasteiger partial charge is 0.496 e. The van der Waals surface area contributed by atoms with Crippen LogP contribution in [0.5, 0.6) is 5.75 Å². The van der Waals surface area contributed by atoms with Crippen molar-refractivity contribution in [2.45, 2.75) is 50.7 Å². The van der Waals surface area contributed by atoms with Crippen LogP contribution in [0.2, 0.25) is 0 Å². The van der Waals surface area contributed by atoms with Gasteiger partial charge in [-0.05, 0) is 25.8 Å². The van der Waals surface area contributed by atoms with E-state index in [9.17, 15) is 9.90 Å². The summed E-state index contributed by atoms with van der Waals surface area (Å²) in [6.45, 7) is 1.98. The molecule has 2 rings (SSSR count). The zero-order valence-corrected chi connectivity index (χ0v) is 13.1. The van der Waals surface area contributed by atoms with E-state index in [2.05, 4.69) is 0 Å². The zero-order chi connectivity index (χ0) is 15.5. The lowest BCUT2D eigenvalue weighted by Gasteiger charge is -2.30. The van der Waals surface area contributed by atoms with Gasteiger partial charge < -0.3 is 14.7 Å². The van der Waals surface area contributed by atoms with Crippen LogP contribution in [-0.2, 0) is 4.79 Å². The van der Waals surface area contributed by atoms with E-state index in [-0.39, 0.29) is 18.4 Å². The Morgan fingerprint density at radius 2 is 2.00 bits per heavy atom. The number of nitrogens with zero attached hydrogens (tertiary/aromatic N) is 1. The minimum atomic E-state index is -0.800. The minimum Gasteiger partial charge on any atom is -0.496 e. The second-order valence-corrected chi connectivity index (χ2v) is 6.03. The molecule has 1 atom stereocenters. The van der Waals surface area contributed by atoms with E-state index >= 15 is 0 Å². The molecule has 4 nitrogen and oxygen atoms in total. The Balaban J connectivity index is 2.07. The lowest BCUT2D eigenvalue weighted by molar-refractivity contribution is -0.136. The predicted molar refractivity (Wildman–Crippen MR) is 82.2 cm³/mol. The lowest BCUT2D eigenvalue weighted by atomic mass is 9.96. The standard InChI is InChI=1S/C17H25NO3/c1-13(14-8-4-5-9-15(14)21-3)18(2)16(19)12-17(20)10-6-7-11-17/h4-5,8-9,13,20H,6-7,10-12H2,1-3H3. The smallest absolute Gasteiger partial charge is 0.225 e. The van der Waals surface area contributed by atoms with Crippen LogP contribution in [0.3, 0.4) is 0 Å². The summed E-state index contributed by atoms with van der Waals surface area (Å²) in [6, 6.07) is 7.64. The van der Waals surface area contributed by atoms with Crippen LogP contribution in [0.4, 0.5) is 0 Å². The Bertz CT molecular complexity index is 495. The van der Waals surface area contributed by atoms with Gasteiger partial charge in [0.25, 0.3) is 0 Å². The molecule has 1 N–H and O–H groups in total. The third kappa shape index (κ3) is 3.56. The molecule has 116 valence electrons. The molecule has 0 aromatic heterocycles. The maximum Gasteiger partial charge on any atom is 0.225 e. The van der Waals surface area contributed by atoms with Gasteiger partial charge in [0.1, 0.15) is 5.75 Å². The molecule has 1 fully saturated rings. The highest BCUT2D eigenvalue weighted by Gasteiger charge is 2.35. The van der Waals surface area contributed by atoms with E-state index in [4.69, 9.17) is 4.74 Å². The van der Waals surface area contributed by atoms with Gasteiger partial charge in [-0.15, -0.1) is 0 Å². The second-order valence-electron chi connectivity index (χ2n) is 6.03. The number of carbonyl (C=O) groups excluding carboxylic acids is 1. The molecule has 1 unspecified atom stereocenters. The first kappa shape index (κ1) is 15.8. The Hall–Kier alpha value is -1.55. The van der Waals surface area contributed by atoms with E-state index < -0.39 is 5.60 Å². The summed E-state index contributed by atoms with van der Waals surface area (Å²) in [5.74, 6) is 0.766. The lowest BCUT2D eigenvalue weighted by Crippen LogP contribution is -2.37. The molecule has 1 saturated carbocycles. The van der Waals surface area contributed by atoms with E-state index in [1.807, 2.05) is 31.2 Å². The summed E-state index contributed by atoms with van der Waals surface area (Å²) < 4.78 is 5.36. The minimum absolute atomic E-state index is 0.0159. The fourth-order valence-electron chi connectivity index (χ4n) is 3.05. The molecule has 1 aromatic carbocycles. The number of hydrogen-bond acceptors (Lipinski definition) is 3. The third-order valence-corrected chi connectivity index (χ3v) is 4.58. The summed E-state index contributed by atoms with van der Waals surface area (Å²) in [5, 5.41) is 10.4. The zero-order valence-electron chi connectivity index (χ0n) is 13.1. The second kappa shape index (κ2) is 6.48. The molecule has 4 heteroatoms. The number of para-hydroxylation sites is 1. The summed E-state index contributed by atoms with van der Waals surface area (Å²) in [4.78, 5) is 14.1. The van der Waals surface area contributed by atoms with Crippen LogP contribution in [-0.4, -0.2) is 35.7 Å². The molecule has 21 heavy (non-hydrogen) atoms. The molecule has 0 heterocycles. The van der Waals surface area contributed by atoms with Crippen molar-refractivity contribution in [2.24, 2.45) is 0 Å². The van der Waals surface area contributed by atoms with Crippen molar-refractivity contribution < 1.29 is 14.6 Å². The quantitative estimate of drug-likeness (QED) is 0.907. The molecule has 1 aliphatic rings. The van der Waals surface area contributed by atoms with Crippen LogP contribution in [0, 0.1) is 0 Å². The molecule has 0 spiro atoms. The van der Waals surface area contributed by atoms with E-state index in [1.54, 1.807) is 19.1 Å². The fraction of sp³-hybridized carbons (Fsp3) is 0.588. The SMILES string of the molecule is COc1ccccc1C(C)N(C)C(=O)CC1(O)CCCC1. The van der Waals surface area contributed by atoms with Crippen LogP contribution >= 0.6 is 0 Å². The highest BCUT2D eigenvalue weighted by molar-refractivity contribution is 5.77. The first-order chi connectivity index (χ1) is 9.97. The van der Waals surface area contributed by atoms with Crippen molar-refractivity contribution in [3.63, 3.8) is 0 Å². The average Bonchev–Trinajstić information content (AvgIpc) is 2.91. The van der Waals surface area contributed by atoms with Crippen LogP contribution in [0.15, 0.2) is 24.3 Å². The molecule has 0 bridgehead atoms.